The molecule has 2 aromatic carbocycles. The molecule has 7 nitrogen and oxygen atoms in total. The number of anilines is 1. The van der Waals surface area contributed by atoms with E-state index in [1.54, 1.807) is 23.5 Å². The van der Waals surface area contributed by atoms with E-state index in [0.717, 1.165) is 23.4 Å². The average molecular weight is 450 g/mol. The van der Waals surface area contributed by atoms with Crippen LogP contribution in [-0.4, -0.2) is 31.7 Å². The molecule has 1 aromatic heterocycles. The topological polar surface area (TPSA) is 79.9 Å². The van der Waals surface area contributed by atoms with E-state index in [1.165, 1.54) is 11.3 Å². The van der Waals surface area contributed by atoms with Gasteiger partial charge >= 0.3 is 11.8 Å². The standard InChI is InChI=1S/C24H23N3O4S/c28-23(25-13-16-7-8-20-21(12-16)31-15-30-20)24(29)26-14-19(22-6-3-11-32-22)27-10-9-17-4-1-2-5-18(17)27/h1-8,11-12,19H,9-10,13-15H2,(H,25,28)(H,26,29). The van der Waals surface area contributed by atoms with Crippen molar-refractivity contribution in [2.75, 3.05) is 24.8 Å². The maximum atomic E-state index is 12.5. The zero-order valence-corrected chi connectivity index (χ0v) is 18.2. The average Bonchev–Trinajstić information content (AvgIpc) is 3.58. The maximum Gasteiger partial charge on any atom is 0.309 e. The highest BCUT2D eigenvalue weighted by Gasteiger charge is 2.28. The van der Waals surface area contributed by atoms with Gasteiger partial charge in [-0.05, 0) is 47.2 Å². The van der Waals surface area contributed by atoms with Crippen molar-refractivity contribution in [2.24, 2.45) is 0 Å². The largest absolute Gasteiger partial charge is 0.454 e. The van der Waals surface area contributed by atoms with Crippen LogP contribution in [0.4, 0.5) is 5.69 Å². The van der Waals surface area contributed by atoms with Gasteiger partial charge in [0.15, 0.2) is 11.5 Å². The number of nitrogens with one attached hydrogen (secondary N) is 2. The van der Waals surface area contributed by atoms with Gasteiger partial charge in [-0.1, -0.05) is 30.3 Å². The van der Waals surface area contributed by atoms with Crippen LogP contribution in [0.2, 0.25) is 0 Å². The lowest BCUT2D eigenvalue weighted by Crippen LogP contribution is -2.43. The molecule has 8 heteroatoms. The number of amides is 2. The number of ether oxygens (including phenoxy) is 2. The summed E-state index contributed by atoms with van der Waals surface area (Å²) in [7, 11) is 0. The van der Waals surface area contributed by atoms with Gasteiger partial charge in [0, 0.05) is 30.2 Å². The summed E-state index contributed by atoms with van der Waals surface area (Å²) >= 11 is 1.65. The lowest BCUT2D eigenvalue weighted by molar-refractivity contribution is -0.139. The number of rotatable bonds is 6. The van der Waals surface area contributed by atoms with Crippen LogP contribution in [0.25, 0.3) is 0 Å². The maximum absolute atomic E-state index is 12.5. The van der Waals surface area contributed by atoms with Crippen LogP contribution in [-0.2, 0) is 22.6 Å². The fourth-order valence-corrected chi connectivity index (χ4v) is 4.96. The Kier molecular flexibility index (Phi) is 5.68. The van der Waals surface area contributed by atoms with Crippen LogP contribution in [0.1, 0.15) is 22.0 Å². The second-order valence-corrected chi connectivity index (χ2v) is 8.66. The van der Waals surface area contributed by atoms with Crippen molar-refractivity contribution >= 4 is 28.8 Å². The highest BCUT2D eigenvalue weighted by atomic mass is 32.1. The number of hydrogen-bond acceptors (Lipinski definition) is 6. The van der Waals surface area contributed by atoms with Gasteiger partial charge in [0.2, 0.25) is 6.79 Å². The summed E-state index contributed by atoms with van der Waals surface area (Å²) < 4.78 is 10.6. The second-order valence-electron chi connectivity index (χ2n) is 7.68. The molecule has 2 N–H and O–H groups in total. The van der Waals surface area contributed by atoms with Gasteiger partial charge in [-0.15, -0.1) is 11.3 Å². The van der Waals surface area contributed by atoms with E-state index >= 15 is 0 Å². The van der Waals surface area contributed by atoms with Gasteiger partial charge in [-0.25, -0.2) is 0 Å². The van der Waals surface area contributed by atoms with Crippen molar-refractivity contribution in [3.63, 3.8) is 0 Å². The number of nitrogens with zero attached hydrogens (tertiary/aromatic N) is 1. The third-order valence-electron chi connectivity index (χ3n) is 5.72. The lowest BCUT2D eigenvalue weighted by atomic mass is 10.1. The monoisotopic (exact) mass is 449 g/mol. The fraction of sp³-hybridized carbons (Fsp3) is 0.250. The molecule has 164 valence electrons. The minimum atomic E-state index is -0.658. The number of para-hydroxylation sites is 1. The summed E-state index contributed by atoms with van der Waals surface area (Å²) in [5, 5.41) is 7.53. The number of carbonyl (C=O) groups excluding carboxylic acids is 2. The van der Waals surface area contributed by atoms with Crippen LogP contribution in [0.15, 0.2) is 60.0 Å². The van der Waals surface area contributed by atoms with Crippen molar-refractivity contribution in [1.82, 2.24) is 10.6 Å². The second kappa shape index (κ2) is 8.92. The van der Waals surface area contributed by atoms with Gasteiger partial charge in [-0.3, -0.25) is 9.59 Å². The summed E-state index contributed by atoms with van der Waals surface area (Å²) in [5.41, 5.74) is 3.33. The first-order valence-corrected chi connectivity index (χ1v) is 11.4. The van der Waals surface area contributed by atoms with Crippen LogP contribution in [0, 0.1) is 0 Å². The van der Waals surface area contributed by atoms with E-state index in [9.17, 15) is 9.59 Å². The predicted octanol–water partition coefficient (Wildman–Crippen LogP) is 3.01. The molecule has 0 spiro atoms. The zero-order valence-electron chi connectivity index (χ0n) is 17.4. The molecule has 3 aromatic rings. The van der Waals surface area contributed by atoms with Gasteiger partial charge in [0.25, 0.3) is 0 Å². The van der Waals surface area contributed by atoms with Crippen molar-refractivity contribution in [3.8, 4) is 11.5 Å². The Morgan fingerprint density at radius 1 is 1.00 bits per heavy atom. The molecule has 1 unspecified atom stereocenters. The van der Waals surface area contributed by atoms with Crippen LogP contribution >= 0.6 is 11.3 Å². The minimum Gasteiger partial charge on any atom is -0.454 e. The van der Waals surface area contributed by atoms with Gasteiger partial charge in [0.05, 0.1) is 6.04 Å². The molecule has 0 aliphatic carbocycles. The molecule has 2 amide bonds. The third kappa shape index (κ3) is 4.13. The summed E-state index contributed by atoms with van der Waals surface area (Å²) in [6.45, 7) is 1.66. The van der Waals surface area contributed by atoms with Gasteiger partial charge < -0.3 is 25.0 Å². The lowest BCUT2D eigenvalue weighted by Gasteiger charge is -2.30. The quantitative estimate of drug-likeness (QED) is 0.566. The number of thiophene rings is 1. The molecule has 0 saturated heterocycles. The molecule has 0 fully saturated rings. The summed E-state index contributed by atoms with van der Waals surface area (Å²) in [5.74, 6) is 0.0287. The highest BCUT2D eigenvalue weighted by molar-refractivity contribution is 7.10. The van der Waals surface area contributed by atoms with E-state index in [-0.39, 0.29) is 19.4 Å². The summed E-state index contributed by atoms with van der Waals surface area (Å²) in [4.78, 5) is 28.3. The molecule has 3 heterocycles. The molecule has 32 heavy (non-hydrogen) atoms. The molecule has 0 saturated carbocycles. The first-order valence-electron chi connectivity index (χ1n) is 10.5. The smallest absolute Gasteiger partial charge is 0.309 e. The van der Waals surface area contributed by atoms with Crippen molar-refractivity contribution in [2.45, 2.75) is 19.0 Å². The Balaban J connectivity index is 1.21. The van der Waals surface area contributed by atoms with Gasteiger partial charge in [-0.2, -0.15) is 0 Å². The number of hydrogen-bond donors (Lipinski definition) is 2. The van der Waals surface area contributed by atoms with Crippen LogP contribution in [0.5, 0.6) is 11.5 Å². The van der Waals surface area contributed by atoms with E-state index in [4.69, 9.17) is 9.47 Å². The normalized spacial score (nSPS) is 14.7. The summed E-state index contributed by atoms with van der Waals surface area (Å²) in [6.07, 6.45) is 0.974. The third-order valence-corrected chi connectivity index (χ3v) is 6.70. The predicted molar refractivity (Wildman–Crippen MR) is 122 cm³/mol. The molecule has 5 rings (SSSR count). The Morgan fingerprint density at radius 3 is 2.72 bits per heavy atom. The van der Waals surface area contributed by atoms with Crippen molar-refractivity contribution < 1.29 is 19.1 Å². The number of fused-ring (bicyclic) bond motifs is 2. The zero-order chi connectivity index (χ0) is 21.9. The van der Waals surface area contributed by atoms with E-state index in [1.807, 2.05) is 23.6 Å². The molecular weight excluding hydrogens is 426 g/mol. The van der Waals surface area contributed by atoms with Crippen molar-refractivity contribution in [1.29, 1.82) is 0 Å². The molecule has 1 atom stereocenters. The molecular formula is C24H23N3O4S. The van der Waals surface area contributed by atoms with Crippen LogP contribution < -0.4 is 25.0 Å². The minimum absolute atomic E-state index is 0.0238. The van der Waals surface area contributed by atoms with E-state index in [0.29, 0.717) is 18.0 Å². The number of carbonyl (C=O) groups is 2. The van der Waals surface area contributed by atoms with Crippen molar-refractivity contribution in [3.05, 3.63) is 76.0 Å². The van der Waals surface area contributed by atoms with Gasteiger partial charge in [0.1, 0.15) is 0 Å². The Morgan fingerprint density at radius 2 is 1.84 bits per heavy atom. The van der Waals surface area contributed by atoms with E-state index < -0.39 is 11.8 Å². The Hall–Kier alpha value is -3.52. The highest BCUT2D eigenvalue weighted by Crippen LogP contribution is 2.36. The molecule has 2 aliphatic heterocycles. The first kappa shape index (κ1) is 20.4. The molecule has 0 bridgehead atoms. The Bertz CT molecular complexity index is 1130. The SMILES string of the molecule is O=C(NCc1ccc2c(c1)OCO2)C(=O)NCC(c1cccs1)N1CCc2ccccc21. The summed E-state index contributed by atoms with van der Waals surface area (Å²) in [6, 6.07) is 17.8. The van der Waals surface area contributed by atoms with Crippen LogP contribution in [0.3, 0.4) is 0 Å². The van der Waals surface area contributed by atoms with E-state index in [2.05, 4.69) is 39.8 Å². The first-order chi connectivity index (χ1) is 15.7. The number of benzene rings is 2. The fourth-order valence-electron chi connectivity index (χ4n) is 4.12. The molecule has 0 radical (unpaired) electrons. The Labute approximate surface area is 190 Å². The molecule has 2 aliphatic rings.